The second kappa shape index (κ2) is 7.93. The molecule has 0 saturated heterocycles. The highest BCUT2D eigenvalue weighted by molar-refractivity contribution is 5.79. The van der Waals surface area contributed by atoms with Crippen molar-refractivity contribution >= 4 is 5.78 Å². The van der Waals surface area contributed by atoms with Gasteiger partial charge in [0.25, 0.3) is 0 Å². The summed E-state index contributed by atoms with van der Waals surface area (Å²) in [4.78, 5) is 12.1. The number of rotatable bonds is 7. The van der Waals surface area contributed by atoms with Crippen molar-refractivity contribution in [3.63, 3.8) is 0 Å². The third-order valence-corrected chi connectivity index (χ3v) is 4.41. The molecule has 2 aromatic rings. The number of hydrogen-bond acceptors (Lipinski definition) is 1. The van der Waals surface area contributed by atoms with Crippen molar-refractivity contribution in [3.8, 4) is 0 Å². The van der Waals surface area contributed by atoms with E-state index in [0.717, 1.165) is 25.7 Å². The summed E-state index contributed by atoms with van der Waals surface area (Å²) in [7, 11) is 0. The van der Waals surface area contributed by atoms with Crippen LogP contribution in [-0.2, 0) is 24.1 Å². The fourth-order valence-corrected chi connectivity index (χ4v) is 3.00. The van der Waals surface area contributed by atoms with Crippen LogP contribution in [0.5, 0.6) is 0 Å². The van der Waals surface area contributed by atoms with Crippen molar-refractivity contribution in [2.45, 2.75) is 46.5 Å². The van der Waals surface area contributed by atoms with Gasteiger partial charge in [0.05, 0.1) is 0 Å². The van der Waals surface area contributed by atoms with E-state index in [4.69, 9.17) is 0 Å². The van der Waals surface area contributed by atoms with Gasteiger partial charge in [0.15, 0.2) is 0 Å². The molecule has 0 amide bonds. The van der Waals surface area contributed by atoms with Gasteiger partial charge in [0.1, 0.15) is 5.78 Å². The van der Waals surface area contributed by atoms with Crippen LogP contribution in [0.1, 0.15) is 42.5 Å². The minimum Gasteiger partial charge on any atom is -0.300 e. The van der Waals surface area contributed by atoms with Crippen LogP contribution in [0.3, 0.4) is 0 Å². The van der Waals surface area contributed by atoms with Crippen LogP contribution in [0.4, 0.5) is 0 Å². The molecule has 2 rings (SSSR count). The Morgan fingerprint density at radius 2 is 1.45 bits per heavy atom. The molecular formula is C21H26O. The molecule has 116 valence electrons. The van der Waals surface area contributed by atoms with Crippen molar-refractivity contribution in [1.82, 2.24) is 0 Å². The summed E-state index contributed by atoms with van der Waals surface area (Å²) in [6, 6.07) is 16.9. The largest absolute Gasteiger partial charge is 0.300 e. The molecular weight excluding hydrogens is 268 g/mol. The molecule has 0 aromatic heterocycles. The lowest BCUT2D eigenvalue weighted by atomic mass is 9.86. The molecule has 22 heavy (non-hydrogen) atoms. The standard InChI is InChI=1S/C21H26O/c1-4-9-18-11-7-8-13-20(18)15-21(17(3)22)14-19-12-6-5-10-16(19)2/h5-8,10-13,21H,4,9,14-15H2,1-3H3. The summed E-state index contributed by atoms with van der Waals surface area (Å²) in [5.41, 5.74) is 5.28. The van der Waals surface area contributed by atoms with Crippen molar-refractivity contribution < 1.29 is 4.79 Å². The van der Waals surface area contributed by atoms with Crippen LogP contribution in [0.2, 0.25) is 0 Å². The molecule has 0 N–H and O–H groups in total. The first kappa shape index (κ1) is 16.5. The molecule has 1 heteroatoms. The number of benzene rings is 2. The van der Waals surface area contributed by atoms with Crippen molar-refractivity contribution in [3.05, 3.63) is 70.8 Å². The summed E-state index contributed by atoms with van der Waals surface area (Å²) in [5.74, 6) is 0.355. The fraction of sp³-hybridized carbons (Fsp3) is 0.381. The maximum atomic E-state index is 12.1. The monoisotopic (exact) mass is 294 g/mol. The minimum atomic E-state index is 0.0686. The topological polar surface area (TPSA) is 17.1 Å². The zero-order valence-electron chi connectivity index (χ0n) is 13.9. The smallest absolute Gasteiger partial charge is 0.133 e. The third-order valence-electron chi connectivity index (χ3n) is 4.41. The van der Waals surface area contributed by atoms with Gasteiger partial charge in [0, 0.05) is 5.92 Å². The molecule has 0 fully saturated rings. The summed E-state index contributed by atoms with van der Waals surface area (Å²) >= 11 is 0. The second-order valence-corrected chi connectivity index (χ2v) is 6.16. The molecule has 0 aliphatic heterocycles. The first-order valence-corrected chi connectivity index (χ1v) is 8.23. The maximum Gasteiger partial charge on any atom is 0.133 e. The van der Waals surface area contributed by atoms with E-state index >= 15 is 0 Å². The van der Waals surface area contributed by atoms with Gasteiger partial charge < -0.3 is 0 Å². The minimum absolute atomic E-state index is 0.0686. The van der Waals surface area contributed by atoms with E-state index in [1.807, 2.05) is 0 Å². The lowest BCUT2D eigenvalue weighted by Crippen LogP contribution is -2.18. The van der Waals surface area contributed by atoms with Crippen molar-refractivity contribution in [2.24, 2.45) is 5.92 Å². The predicted molar refractivity (Wildman–Crippen MR) is 93.2 cm³/mol. The Labute approximate surface area is 134 Å². The molecule has 1 unspecified atom stereocenters. The van der Waals surface area contributed by atoms with Gasteiger partial charge in [-0.1, -0.05) is 61.9 Å². The average molecular weight is 294 g/mol. The molecule has 0 aliphatic carbocycles. The lowest BCUT2D eigenvalue weighted by Gasteiger charge is -2.17. The molecule has 2 aromatic carbocycles. The first-order chi connectivity index (χ1) is 10.6. The predicted octanol–water partition coefficient (Wildman–Crippen LogP) is 4.94. The molecule has 0 bridgehead atoms. The average Bonchev–Trinajstić information content (AvgIpc) is 2.50. The van der Waals surface area contributed by atoms with E-state index in [2.05, 4.69) is 62.4 Å². The van der Waals surface area contributed by atoms with Gasteiger partial charge in [-0.2, -0.15) is 0 Å². The quantitative estimate of drug-likeness (QED) is 0.707. The van der Waals surface area contributed by atoms with E-state index in [9.17, 15) is 4.79 Å². The molecule has 0 spiro atoms. The molecule has 0 heterocycles. The Balaban J connectivity index is 2.20. The van der Waals surface area contributed by atoms with E-state index in [1.165, 1.54) is 22.3 Å². The van der Waals surface area contributed by atoms with Crippen molar-refractivity contribution in [1.29, 1.82) is 0 Å². The number of carbonyl (C=O) groups is 1. The zero-order valence-corrected chi connectivity index (χ0v) is 13.9. The Bertz CT molecular complexity index is 627. The van der Waals surface area contributed by atoms with Gasteiger partial charge in [0.2, 0.25) is 0 Å². The van der Waals surface area contributed by atoms with E-state index < -0.39 is 0 Å². The molecule has 0 aliphatic rings. The van der Waals surface area contributed by atoms with Gasteiger partial charge in [-0.3, -0.25) is 4.79 Å². The van der Waals surface area contributed by atoms with Crippen LogP contribution in [0, 0.1) is 12.8 Å². The molecule has 1 atom stereocenters. The second-order valence-electron chi connectivity index (χ2n) is 6.16. The van der Waals surface area contributed by atoms with E-state index in [0.29, 0.717) is 0 Å². The van der Waals surface area contributed by atoms with Crippen molar-refractivity contribution in [2.75, 3.05) is 0 Å². The number of Topliss-reactive ketones (excluding diaryl/α,β-unsaturated/α-hetero) is 1. The number of hydrogen-bond donors (Lipinski definition) is 0. The van der Waals surface area contributed by atoms with Gasteiger partial charge >= 0.3 is 0 Å². The van der Waals surface area contributed by atoms with Gasteiger partial charge in [-0.15, -0.1) is 0 Å². The first-order valence-electron chi connectivity index (χ1n) is 8.23. The highest BCUT2D eigenvalue weighted by atomic mass is 16.1. The highest BCUT2D eigenvalue weighted by Crippen LogP contribution is 2.21. The molecule has 1 nitrogen and oxygen atoms in total. The Morgan fingerprint density at radius 1 is 0.909 bits per heavy atom. The fourth-order valence-electron chi connectivity index (χ4n) is 3.00. The van der Waals surface area contributed by atoms with Crippen LogP contribution in [-0.4, -0.2) is 5.78 Å². The Kier molecular flexibility index (Phi) is 5.94. The number of aryl methyl sites for hydroxylation is 2. The van der Waals surface area contributed by atoms with Crippen LogP contribution in [0.25, 0.3) is 0 Å². The SMILES string of the molecule is CCCc1ccccc1CC(Cc1ccccc1C)C(C)=O. The maximum absolute atomic E-state index is 12.1. The van der Waals surface area contributed by atoms with Crippen LogP contribution in [0.15, 0.2) is 48.5 Å². The summed E-state index contributed by atoms with van der Waals surface area (Å²) in [6.07, 6.45) is 3.91. The number of ketones is 1. The van der Waals surface area contributed by atoms with Gasteiger partial charge in [-0.05, 0) is 55.4 Å². The van der Waals surface area contributed by atoms with Crippen LogP contribution >= 0.6 is 0 Å². The van der Waals surface area contributed by atoms with Gasteiger partial charge in [-0.25, -0.2) is 0 Å². The molecule has 0 saturated carbocycles. The highest BCUT2D eigenvalue weighted by Gasteiger charge is 2.18. The third kappa shape index (κ3) is 4.30. The Hall–Kier alpha value is -1.89. The number of carbonyl (C=O) groups excluding carboxylic acids is 1. The Morgan fingerprint density at radius 3 is 2.05 bits per heavy atom. The normalized spacial score (nSPS) is 12.1. The van der Waals surface area contributed by atoms with E-state index in [-0.39, 0.29) is 11.7 Å². The summed E-state index contributed by atoms with van der Waals surface area (Å²) in [6.45, 7) is 6.05. The molecule has 0 radical (unpaired) electrons. The lowest BCUT2D eigenvalue weighted by molar-refractivity contribution is -0.120. The summed E-state index contributed by atoms with van der Waals surface area (Å²) < 4.78 is 0. The summed E-state index contributed by atoms with van der Waals surface area (Å²) in [5, 5.41) is 0. The van der Waals surface area contributed by atoms with Crippen LogP contribution < -0.4 is 0 Å². The zero-order chi connectivity index (χ0) is 15.9. The van der Waals surface area contributed by atoms with E-state index in [1.54, 1.807) is 6.92 Å².